The van der Waals surface area contributed by atoms with Crippen LogP contribution in [-0.2, 0) is 0 Å². The van der Waals surface area contributed by atoms with Gasteiger partial charge in [-0.3, -0.25) is 0 Å². The van der Waals surface area contributed by atoms with Crippen molar-refractivity contribution >= 4 is 17.8 Å². The first kappa shape index (κ1) is 15.2. The van der Waals surface area contributed by atoms with Crippen molar-refractivity contribution in [1.82, 2.24) is 10.2 Å². The standard InChI is InChI=1S/C15H22N2O2S/c1-12(20-14-5-3-2-4-6-14)9-16-15(19)17-8-7-13(10-17)11-18/h2-6,12-13,18H,7-11H2,1H3,(H,16,19). The van der Waals surface area contributed by atoms with E-state index in [1.807, 2.05) is 18.2 Å². The van der Waals surface area contributed by atoms with Crippen LogP contribution < -0.4 is 5.32 Å². The summed E-state index contributed by atoms with van der Waals surface area (Å²) in [5.74, 6) is 0.247. The Labute approximate surface area is 124 Å². The molecule has 4 nitrogen and oxygen atoms in total. The topological polar surface area (TPSA) is 52.6 Å². The zero-order chi connectivity index (χ0) is 14.4. The number of hydrogen-bond acceptors (Lipinski definition) is 3. The molecule has 1 aliphatic rings. The number of carbonyl (C=O) groups is 1. The van der Waals surface area contributed by atoms with Crippen LogP contribution in [0.4, 0.5) is 4.79 Å². The van der Waals surface area contributed by atoms with Gasteiger partial charge in [0.1, 0.15) is 0 Å². The van der Waals surface area contributed by atoms with E-state index >= 15 is 0 Å². The van der Waals surface area contributed by atoms with Gasteiger partial charge in [0, 0.05) is 42.3 Å². The van der Waals surface area contributed by atoms with Crippen molar-refractivity contribution < 1.29 is 9.90 Å². The predicted octanol–water partition coefficient (Wildman–Crippen LogP) is 2.19. The fourth-order valence-corrected chi connectivity index (χ4v) is 3.23. The highest BCUT2D eigenvalue weighted by Crippen LogP contribution is 2.22. The van der Waals surface area contributed by atoms with Gasteiger partial charge in [0.15, 0.2) is 0 Å². The van der Waals surface area contributed by atoms with Crippen molar-refractivity contribution in [3.63, 3.8) is 0 Å². The molecular formula is C15H22N2O2S. The molecule has 5 heteroatoms. The highest BCUT2D eigenvalue weighted by molar-refractivity contribution is 8.00. The van der Waals surface area contributed by atoms with Gasteiger partial charge in [0.2, 0.25) is 0 Å². The first-order valence-corrected chi connectivity index (χ1v) is 7.92. The molecule has 1 aromatic carbocycles. The Hall–Kier alpha value is -1.20. The van der Waals surface area contributed by atoms with Gasteiger partial charge in [-0.15, -0.1) is 11.8 Å². The van der Waals surface area contributed by atoms with Crippen LogP contribution in [0.25, 0.3) is 0 Å². The third-order valence-corrected chi connectivity index (χ3v) is 4.57. The van der Waals surface area contributed by atoms with E-state index in [9.17, 15) is 4.79 Å². The summed E-state index contributed by atoms with van der Waals surface area (Å²) < 4.78 is 0. The Morgan fingerprint density at radius 1 is 1.50 bits per heavy atom. The van der Waals surface area contributed by atoms with Crippen LogP contribution in [-0.4, -0.2) is 47.5 Å². The molecule has 2 N–H and O–H groups in total. The van der Waals surface area contributed by atoms with Gasteiger partial charge >= 0.3 is 6.03 Å². The maximum atomic E-state index is 12.0. The van der Waals surface area contributed by atoms with Crippen LogP contribution in [0.2, 0.25) is 0 Å². The van der Waals surface area contributed by atoms with Crippen molar-refractivity contribution in [3.05, 3.63) is 30.3 Å². The Bertz CT molecular complexity index is 427. The minimum absolute atomic E-state index is 0.0125. The number of urea groups is 1. The summed E-state index contributed by atoms with van der Waals surface area (Å²) in [4.78, 5) is 15.0. The van der Waals surface area contributed by atoms with Gasteiger partial charge < -0.3 is 15.3 Å². The van der Waals surface area contributed by atoms with Gasteiger partial charge in [-0.1, -0.05) is 25.1 Å². The molecule has 0 aromatic heterocycles. The van der Waals surface area contributed by atoms with Crippen LogP contribution in [0.3, 0.4) is 0 Å². The third-order valence-electron chi connectivity index (χ3n) is 3.45. The first-order chi connectivity index (χ1) is 9.69. The molecule has 1 saturated heterocycles. The van der Waals surface area contributed by atoms with E-state index in [0.717, 1.165) is 13.0 Å². The van der Waals surface area contributed by atoms with Crippen molar-refractivity contribution in [1.29, 1.82) is 0 Å². The minimum Gasteiger partial charge on any atom is -0.396 e. The lowest BCUT2D eigenvalue weighted by Crippen LogP contribution is -2.40. The average molecular weight is 294 g/mol. The number of hydrogen-bond donors (Lipinski definition) is 2. The highest BCUT2D eigenvalue weighted by atomic mass is 32.2. The van der Waals surface area contributed by atoms with Crippen molar-refractivity contribution in [3.8, 4) is 0 Å². The molecule has 0 saturated carbocycles. The molecule has 0 bridgehead atoms. The molecule has 0 aliphatic carbocycles. The Morgan fingerprint density at radius 2 is 2.25 bits per heavy atom. The summed E-state index contributed by atoms with van der Waals surface area (Å²) in [5, 5.41) is 12.4. The van der Waals surface area contributed by atoms with Gasteiger partial charge in [-0.25, -0.2) is 4.79 Å². The number of benzene rings is 1. The molecule has 1 aromatic rings. The second-order valence-corrected chi connectivity index (χ2v) is 6.72. The SMILES string of the molecule is CC(CNC(=O)N1CCC(CO)C1)Sc1ccccc1. The van der Waals surface area contributed by atoms with E-state index in [-0.39, 0.29) is 18.6 Å². The summed E-state index contributed by atoms with van der Waals surface area (Å²) in [7, 11) is 0. The summed E-state index contributed by atoms with van der Waals surface area (Å²) >= 11 is 1.76. The average Bonchev–Trinajstić information content (AvgIpc) is 2.95. The highest BCUT2D eigenvalue weighted by Gasteiger charge is 2.25. The second-order valence-electron chi connectivity index (χ2n) is 5.21. The van der Waals surface area contributed by atoms with E-state index < -0.39 is 0 Å². The van der Waals surface area contributed by atoms with Crippen molar-refractivity contribution in [2.24, 2.45) is 5.92 Å². The van der Waals surface area contributed by atoms with Crippen molar-refractivity contribution in [2.75, 3.05) is 26.2 Å². The number of aliphatic hydroxyl groups is 1. The molecule has 0 spiro atoms. The van der Waals surface area contributed by atoms with E-state index in [1.165, 1.54) is 4.90 Å². The third kappa shape index (κ3) is 4.42. The van der Waals surface area contributed by atoms with E-state index in [2.05, 4.69) is 24.4 Å². The summed E-state index contributed by atoms with van der Waals surface area (Å²) in [5.41, 5.74) is 0. The van der Waals surface area contributed by atoms with Gasteiger partial charge in [0.25, 0.3) is 0 Å². The Kier molecular flexibility index (Phi) is 5.73. The summed E-state index contributed by atoms with van der Waals surface area (Å²) in [6, 6.07) is 10.2. The fourth-order valence-electron chi connectivity index (χ4n) is 2.28. The van der Waals surface area contributed by atoms with Crippen LogP contribution in [0.1, 0.15) is 13.3 Å². The number of nitrogens with one attached hydrogen (secondary N) is 1. The second kappa shape index (κ2) is 7.55. The zero-order valence-electron chi connectivity index (χ0n) is 11.8. The van der Waals surface area contributed by atoms with E-state index in [1.54, 1.807) is 16.7 Å². The molecule has 110 valence electrons. The molecule has 1 fully saturated rings. The normalized spacial score (nSPS) is 19.9. The molecule has 2 amide bonds. The molecule has 1 heterocycles. The molecule has 2 atom stereocenters. The smallest absolute Gasteiger partial charge is 0.317 e. The first-order valence-electron chi connectivity index (χ1n) is 7.04. The lowest BCUT2D eigenvalue weighted by molar-refractivity contribution is 0.198. The molecule has 1 aliphatic heterocycles. The number of carbonyl (C=O) groups excluding carboxylic acids is 1. The number of likely N-dealkylation sites (tertiary alicyclic amines) is 1. The number of thioether (sulfide) groups is 1. The number of rotatable bonds is 5. The molecule has 20 heavy (non-hydrogen) atoms. The van der Waals surface area contributed by atoms with Crippen LogP contribution in [0, 0.1) is 5.92 Å². The van der Waals surface area contributed by atoms with Gasteiger partial charge in [0.05, 0.1) is 0 Å². The van der Waals surface area contributed by atoms with Crippen LogP contribution >= 0.6 is 11.8 Å². The maximum Gasteiger partial charge on any atom is 0.317 e. The fraction of sp³-hybridized carbons (Fsp3) is 0.533. The molecular weight excluding hydrogens is 272 g/mol. The number of aliphatic hydroxyl groups excluding tert-OH is 1. The zero-order valence-corrected chi connectivity index (χ0v) is 12.6. The predicted molar refractivity (Wildman–Crippen MR) is 81.9 cm³/mol. The van der Waals surface area contributed by atoms with Gasteiger partial charge in [-0.05, 0) is 18.6 Å². The molecule has 2 rings (SSSR count). The molecule has 2 unspecified atom stereocenters. The Balaban J connectivity index is 1.71. The monoisotopic (exact) mass is 294 g/mol. The molecule has 0 radical (unpaired) electrons. The maximum absolute atomic E-state index is 12.0. The van der Waals surface area contributed by atoms with Crippen LogP contribution in [0.5, 0.6) is 0 Å². The number of amides is 2. The summed E-state index contributed by atoms with van der Waals surface area (Å²) in [6.07, 6.45) is 0.901. The van der Waals surface area contributed by atoms with E-state index in [4.69, 9.17) is 5.11 Å². The van der Waals surface area contributed by atoms with Crippen molar-refractivity contribution in [2.45, 2.75) is 23.5 Å². The van der Waals surface area contributed by atoms with Crippen LogP contribution in [0.15, 0.2) is 35.2 Å². The minimum atomic E-state index is -0.0125. The Morgan fingerprint density at radius 3 is 2.90 bits per heavy atom. The summed E-state index contributed by atoms with van der Waals surface area (Å²) in [6.45, 7) is 4.35. The largest absolute Gasteiger partial charge is 0.396 e. The lowest BCUT2D eigenvalue weighted by Gasteiger charge is -2.19. The van der Waals surface area contributed by atoms with E-state index in [0.29, 0.717) is 18.3 Å². The quantitative estimate of drug-likeness (QED) is 0.819. The van der Waals surface area contributed by atoms with Gasteiger partial charge in [-0.2, -0.15) is 0 Å². The number of nitrogens with zero attached hydrogens (tertiary/aromatic N) is 1. The lowest BCUT2D eigenvalue weighted by atomic mass is 10.1.